The summed E-state index contributed by atoms with van der Waals surface area (Å²) in [6.45, 7) is 0.732. The fourth-order valence-corrected chi connectivity index (χ4v) is 2.97. The first kappa shape index (κ1) is 16.9. The van der Waals surface area contributed by atoms with Crippen molar-refractivity contribution in [3.05, 3.63) is 20.8 Å². The molecule has 20 heavy (non-hydrogen) atoms. The van der Waals surface area contributed by atoms with Crippen molar-refractivity contribution in [2.24, 2.45) is 0 Å². The van der Waals surface area contributed by atoms with Gasteiger partial charge in [0.25, 0.3) is 0 Å². The molecule has 1 rings (SSSR count). The van der Waals surface area contributed by atoms with Crippen molar-refractivity contribution in [1.82, 2.24) is 10.6 Å². The summed E-state index contributed by atoms with van der Waals surface area (Å²) in [7, 11) is 1.48. The first-order valence-corrected chi connectivity index (χ1v) is 7.64. The number of urea groups is 1. The first-order chi connectivity index (χ1) is 9.52. The maximum absolute atomic E-state index is 11.6. The van der Waals surface area contributed by atoms with Crippen LogP contribution in [0.3, 0.4) is 0 Å². The molecule has 8 heteroatoms. The minimum atomic E-state index is -1.07. The molecule has 0 saturated carbocycles. The molecule has 1 aromatic heterocycles. The van der Waals surface area contributed by atoms with Crippen molar-refractivity contribution in [3.8, 4) is 0 Å². The second-order valence-corrected chi connectivity index (χ2v) is 6.58. The van der Waals surface area contributed by atoms with Crippen LogP contribution in [0.5, 0.6) is 0 Å². The summed E-state index contributed by atoms with van der Waals surface area (Å²) in [6, 6.07) is 2.51. The Labute approximate surface area is 129 Å². The smallest absolute Gasteiger partial charge is 0.326 e. The maximum Gasteiger partial charge on any atom is 0.326 e. The van der Waals surface area contributed by atoms with E-state index in [-0.39, 0.29) is 13.0 Å². The molecular formula is C12H17BrN2O4S. The Balaban J connectivity index is 2.28. The zero-order chi connectivity index (χ0) is 15.0. The summed E-state index contributed by atoms with van der Waals surface area (Å²) < 4.78 is 5.85. The van der Waals surface area contributed by atoms with Gasteiger partial charge in [0.15, 0.2) is 0 Å². The van der Waals surface area contributed by atoms with Crippen molar-refractivity contribution in [2.75, 3.05) is 20.3 Å². The van der Waals surface area contributed by atoms with Crippen LogP contribution >= 0.6 is 27.3 Å². The Kier molecular flexibility index (Phi) is 7.56. The summed E-state index contributed by atoms with van der Waals surface area (Å²) >= 11 is 4.97. The summed E-state index contributed by atoms with van der Waals surface area (Å²) in [5, 5.41) is 14.0. The number of nitrogens with one attached hydrogen (secondary N) is 2. The van der Waals surface area contributed by atoms with Gasteiger partial charge in [0, 0.05) is 31.6 Å². The van der Waals surface area contributed by atoms with Crippen molar-refractivity contribution in [2.45, 2.75) is 18.9 Å². The van der Waals surface area contributed by atoms with Gasteiger partial charge < -0.3 is 20.5 Å². The normalized spacial score (nSPS) is 11.9. The summed E-state index contributed by atoms with van der Waals surface area (Å²) in [5.74, 6) is -1.07. The second kappa shape index (κ2) is 8.93. The zero-order valence-electron chi connectivity index (χ0n) is 11.0. The van der Waals surface area contributed by atoms with Gasteiger partial charge in [0.2, 0.25) is 0 Å². The molecule has 1 atom stereocenters. The van der Waals surface area contributed by atoms with E-state index >= 15 is 0 Å². The molecule has 0 bridgehead atoms. The molecule has 0 aliphatic rings. The lowest BCUT2D eigenvalue weighted by molar-refractivity contribution is -0.139. The number of aliphatic carboxylic acids is 1. The van der Waals surface area contributed by atoms with E-state index in [0.29, 0.717) is 13.0 Å². The highest BCUT2D eigenvalue weighted by Crippen LogP contribution is 2.21. The quantitative estimate of drug-likeness (QED) is 0.656. The van der Waals surface area contributed by atoms with Crippen molar-refractivity contribution >= 4 is 39.3 Å². The SMILES string of the molecule is COCCC(NC(=O)NCCc1ccc(Br)s1)C(=O)O. The molecule has 0 aromatic carbocycles. The van der Waals surface area contributed by atoms with E-state index < -0.39 is 18.0 Å². The minimum absolute atomic E-state index is 0.233. The number of carbonyl (C=O) groups excluding carboxylic acids is 1. The van der Waals surface area contributed by atoms with E-state index in [0.717, 1.165) is 8.66 Å². The topological polar surface area (TPSA) is 87.7 Å². The standard InChI is InChI=1S/C12H17BrN2O4S/c1-19-7-5-9(11(16)17)15-12(18)14-6-4-8-2-3-10(13)20-8/h2-3,9H,4-7H2,1H3,(H,16,17)(H2,14,15,18). The van der Waals surface area contributed by atoms with Gasteiger partial charge in [0.1, 0.15) is 6.04 Å². The Morgan fingerprint density at radius 3 is 2.80 bits per heavy atom. The molecule has 0 spiro atoms. The van der Waals surface area contributed by atoms with Gasteiger partial charge in [-0.15, -0.1) is 11.3 Å². The highest BCUT2D eigenvalue weighted by atomic mass is 79.9. The van der Waals surface area contributed by atoms with Crippen molar-refractivity contribution in [3.63, 3.8) is 0 Å². The predicted octanol–water partition coefficient (Wildman–Crippen LogP) is 1.84. The van der Waals surface area contributed by atoms with E-state index in [1.165, 1.54) is 7.11 Å². The lowest BCUT2D eigenvalue weighted by Gasteiger charge is -2.14. The molecule has 2 amide bonds. The third kappa shape index (κ3) is 6.36. The average molecular weight is 365 g/mol. The molecular weight excluding hydrogens is 348 g/mol. The molecule has 6 nitrogen and oxygen atoms in total. The molecule has 3 N–H and O–H groups in total. The van der Waals surface area contributed by atoms with Crippen molar-refractivity contribution in [1.29, 1.82) is 0 Å². The summed E-state index contributed by atoms with van der Waals surface area (Å²) in [6.07, 6.45) is 0.941. The van der Waals surface area contributed by atoms with Crippen LogP contribution in [0.2, 0.25) is 0 Å². The Morgan fingerprint density at radius 2 is 2.25 bits per heavy atom. The maximum atomic E-state index is 11.6. The van der Waals surface area contributed by atoms with Crippen LogP contribution in [0.4, 0.5) is 4.79 Å². The molecule has 0 aliphatic carbocycles. The van der Waals surface area contributed by atoms with Gasteiger partial charge in [-0.2, -0.15) is 0 Å². The summed E-state index contributed by atoms with van der Waals surface area (Å²) in [5.41, 5.74) is 0. The van der Waals surface area contributed by atoms with Crippen molar-refractivity contribution < 1.29 is 19.4 Å². The first-order valence-electron chi connectivity index (χ1n) is 6.03. The Bertz CT molecular complexity index is 452. The molecule has 112 valence electrons. The van der Waals surface area contributed by atoms with Gasteiger partial charge in [-0.25, -0.2) is 9.59 Å². The lowest BCUT2D eigenvalue weighted by atomic mass is 10.2. The largest absolute Gasteiger partial charge is 0.480 e. The van der Waals surface area contributed by atoms with Crippen LogP contribution in [0.1, 0.15) is 11.3 Å². The van der Waals surface area contributed by atoms with Gasteiger partial charge in [-0.1, -0.05) is 0 Å². The average Bonchev–Trinajstić information content (AvgIpc) is 2.80. The van der Waals surface area contributed by atoms with Gasteiger partial charge in [-0.3, -0.25) is 0 Å². The third-order valence-electron chi connectivity index (χ3n) is 2.50. The monoisotopic (exact) mass is 364 g/mol. The molecule has 0 aliphatic heterocycles. The van der Waals surface area contributed by atoms with Gasteiger partial charge >= 0.3 is 12.0 Å². The van der Waals surface area contributed by atoms with E-state index in [2.05, 4.69) is 26.6 Å². The second-order valence-electron chi connectivity index (χ2n) is 4.03. The molecule has 0 radical (unpaired) electrons. The number of hydrogen-bond donors (Lipinski definition) is 3. The molecule has 1 unspecified atom stereocenters. The minimum Gasteiger partial charge on any atom is -0.480 e. The highest BCUT2D eigenvalue weighted by molar-refractivity contribution is 9.11. The van der Waals surface area contributed by atoms with Crippen LogP contribution in [0.15, 0.2) is 15.9 Å². The number of methoxy groups -OCH3 is 1. The van der Waals surface area contributed by atoms with E-state index in [9.17, 15) is 9.59 Å². The third-order valence-corrected chi connectivity index (χ3v) is 4.18. The number of amides is 2. The number of rotatable bonds is 8. The van der Waals surface area contributed by atoms with E-state index in [1.54, 1.807) is 11.3 Å². The fraction of sp³-hybridized carbons (Fsp3) is 0.500. The number of carbonyl (C=O) groups is 2. The Hall–Kier alpha value is -1.12. The van der Waals surface area contributed by atoms with Crippen LogP contribution in [0.25, 0.3) is 0 Å². The van der Waals surface area contributed by atoms with E-state index in [4.69, 9.17) is 9.84 Å². The number of carboxylic acid groups (broad SMARTS) is 1. The van der Waals surface area contributed by atoms with Crippen LogP contribution in [0, 0.1) is 0 Å². The molecule has 0 fully saturated rings. The number of hydrogen-bond acceptors (Lipinski definition) is 4. The molecule has 0 saturated heterocycles. The van der Waals surface area contributed by atoms with E-state index in [1.807, 2.05) is 12.1 Å². The number of ether oxygens (including phenoxy) is 1. The van der Waals surface area contributed by atoms with Gasteiger partial charge in [-0.05, 0) is 34.5 Å². The highest BCUT2D eigenvalue weighted by Gasteiger charge is 2.19. The number of thiophene rings is 1. The Morgan fingerprint density at radius 1 is 1.50 bits per heavy atom. The fourth-order valence-electron chi connectivity index (χ4n) is 1.49. The van der Waals surface area contributed by atoms with Gasteiger partial charge in [0.05, 0.1) is 3.79 Å². The van der Waals surface area contributed by atoms with Crippen LogP contribution < -0.4 is 10.6 Å². The molecule has 1 heterocycles. The molecule has 1 aromatic rings. The van der Waals surface area contributed by atoms with Crippen LogP contribution in [-0.2, 0) is 16.0 Å². The summed E-state index contributed by atoms with van der Waals surface area (Å²) in [4.78, 5) is 23.7. The lowest BCUT2D eigenvalue weighted by Crippen LogP contribution is -2.46. The zero-order valence-corrected chi connectivity index (χ0v) is 13.4. The number of carboxylic acids is 1. The number of halogens is 1. The predicted molar refractivity (Wildman–Crippen MR) is 80.2 cm³/mol. The van der Waals surface area contributed by atoms with Crippen LogP contribution in [-0.4, -0.2) is 43.4 Å².